The van der Waals surface area contributed by atoms with Gasteiger partial charge in [0, 0.05) is 5.69 Å². The van der Waals surface area contributed by atoms with E-state index < -0.39 is 0 Å². The van der Waals surface area contributed by atoms with E-state index in [1.807, 2.05) is 31.2 Å². The Kier molecular flexibility index (Phi) is 5.29. The second-order valence-electron chi connectivity index (χ2n) is 3.55. The van der Waals surface area contributed by atoms with Gasteiger partial charge in [-0.3, -0.25) is 4.79 Å². The molecule has 0 unspecified atom stereocenters. The molecule has 0 spiro atoms. The van der Waals surface area contributed by atoms with Crippen molar-refractivity contribution in [3.05, 3.63) is 42.5 Å². The maximum Gasteiger partial charge on any atom is 0.250 e. The topological polar surface area (TPSA) is 38.3 Å². The van der Waals surface area contributed by atoms with Crippen LogP contribution in [0.4, 0.5) is 5.69 Å². The summed E-state index contributed by atoms with van der Waals surface area (Å²) in [4.78, 5) is 11.4. The summed E-state index contributed by atoms with van der Waals surface area (Å²) in [6.07, 6.45) is 2.52. The fourth-order valence-electron chi connectivity index (χ4n) is 1.25. The van der Waals surface area contributed by atoms with Gasteiger partial charge in [-0.05, 0) is 31.0 Å². The van der Waals surface area contributed by atoms with Gasteiger partial charge in [-0.25, -0.2) is 0 Å². The monoisotopic (exact) mass is 219 g/mol. The maximum absolute atomic E-state index is 11.4. The van der Waals surface area contributed by atoms with Crippen LogP contribution >= 0.6 is 0 Å². The van der Waals surface area contributed by atoms with Crippen LogP contribution in [0.2, 0.25) is 0 Å². The smallest absolute Gasteiger partial charge is 0.250 e. The Hall–Kier alpha value is -1.61. The van der Waals surface area contributed by atoms with Gasteiger partial charge in [-0.15, -0.1) is 6.58 Å². The van der Waals surface area contributed by atoms with Crippen LogP contribution in [0.3, 0.4) is 0 Å². The number of hydrogen-bond acceptors (Lipinski definition) is 2. The number of benzene rings is 1. The molecule has 0 heterocycles. The lowest BCUT2D eigenvalue weighted by atomic mass is 10.2. The van der Waals surface area contributed by atoms with Gasteiger partial charge in [0.1, 0.15) is 6.61 Å². The second-order valence-corrected chi connectivity index (χ2v) is 3.55. The normalized spacial score (nSPS) is 9.81. The number of ether oxygens (including phenoxy) is 1. The van der Waals surface area contributed by atoms with E-state index >= 15 is 0 Å². The Morgan fingerprint density at radius 3 is 3.06 bits per heavy atom. The molecule has 86 valence electrons. The quantitative estimate of drug-likeness (QED) is 0.589. The zero-order valence-electron chi connectivity index (χ0n) is 9.53. The molecular formula is C13H17NO2. The van der Waals surface area contributed by atoms with Crippen LogP contribution in [0.5, 0.6) is 0 Å². The molecule has 0 aliphatic rings. The minimum absolute atomic E-state index is 0.0851. The second kappa shape index (κ2) is 6.80. The fraction of sp³-hybridized carbons (Fsp3) is 0.308. The number of nitrogens with one attached hydrogen (secondary N) is 1. The van der Waals surface area contributed by atoms with Gasteiger partial charge < -0.3 is 10.1 Å². The SMILES string of the molecule is C=CCCOCC(=O)Nc1cccc(C)c1. The van der Waals surface area contributed by atoms with Gasteiger partial charge in [-0.2, -0.15) is 0 Å². The van der Waals surface area contributed by atoms with Crippen molar-refractivity contribution in [3.8, 4) is 0 Å². The molecular weight excluding hydrogens is 202 g/mol. The van der Waals surface area contributed by atoms with Crippen LogP contribution < -0.4 is 5.32 Å². The molecule has 1 aromatic carbocycles. The molecule has 1 rings (SSSR count). The number of rotatable bonds is 6. The average Bonchev–Trinajstić information content (AvgIpc) is 2.24. The number of hydrogen-bond donors (Lipinski definition) is 1. The van der Waals surface area contributed by atoms with Crippen molar-refractivity contribution in [3.63, 3.8) is 0 Å². The first-order valence-electron chi connectivity index (χ1n) is 5.27. The van der Waals surface area contributed by atoms with Crippen molar-refractivity contribution in [1.29, 1.82) is 0 Å². The van der Waals surface area contributed by atoms with E-state index in [9.17, 15) is 4.79 Å². The summed E-state index contributed by atoms with van der Waals surface area (Å²) in [5.41, 5.74) is 1.92. The highest BCUT2D eigenvalue weighted by Crippen LogP contribution is 2.09. The molecule has 3 heteroatoms. The first kappa shape index (κ1) is 12.5. The summed E-state index contributed by atoms with van der Waals surface area (Å²) in [6.45, 7) is 6.17. The summed E-state index contributed by atoms with van der Waals surface area (Å²) in [5, 5.41) is 2.77. The number of carbonyl (C=O) groups excluding carboxylic acids is 1. The highest BCUT2D eigenvalue weighted by molar-refractivity contribution is 5.91. The molecule has 1 amide bonds. The summed E-state index contributed by atoms with van der Waals surface area (Å²) in [6, 6.07) is 7.66. The summed E-state index contributed by atoms with van der Waals surface area (Å²) >= 11 is 0. The Morgan fingerprint density at radius 1 is 1.56 bits per heavy atom. The third-order valence-electron chi connectivity index (χ3n) is 2.00. The van der Waals surface area contributed by atoms with Gasteiger partial charge >= 0.3 is 0 Å². The molecule has 0 fully saturated rings. The third-order valence-corrected chi connectivity index (χ3v) is 2.00. The highest BCUT2D eigenvalue weighted by Gasteiger charge is 2.01. The fourth-order valence-corrected chi connectivity index (χ4v) is 1.25. The van der Waals surface area contributed by atoms with E-state index in [2.05, 4.69) is 11.9 Å². The Bertz CT molecular complexity index is 361. The Balaban J connectivity index is 2.31. The van der Waals surface area contributed by atoms with Crippen molar-refractivity contribution in [2.45, 2.75) is 13.3 Å². The van der Waals surface area contributed by atoms with Gasteiger partial charge in [0.05, 0.1) is 6.61 Å². The number of carbonyl (C=O) groups is 1. The first-order valence-corrected chi connectivity index (χ1v) is 5.27. The molecule has 0 saturated heterocycles. The maximum atomic E-state index is 11.4. The minimum atomic E-state index is -0.130. The van der Waals surface area contributed by atoms with Crippen LogP contribution in [0, 0.1) is 6.92 Å². The lowest BCUT2D eigenvalue weighted by molar-refractivity contribution is -0.120. The van der Waals surface area contributed by atoms with E-state index in [4.69, 9.17) is 4.74 Å². The van der Waals surface area contributed by atoms with Crippen LogP contribution in [-0.4, -0.2) is 19.1 Å². The van der Waals surface area contributed by atoms with E-state index in [1.165, 1.54) is 0 Å². The molecule has 0 aliphatic carbocycles. The lowest BCUT2D eigenvalue weighted by Crippen LogP contribution is -2.18. The van der Waals surface area contributed by atoms with Crippen molar-refractivity contribution in [1.82, 2.24) is 0 Å². The lowest BCUT2D eigenvalue weighted by Gasteiger charge is -2.06. The third kappa shape index (κ3) is 4.75. The molecule has 0 saturated carbocycles. The molecule has 0 radical (unpaired) electrons. The predicted octanol–water partition coefficient (Wildman–Crippen LogP) is 2.53. The molecule has 0 bridgehead atoms. The van der Waals surface area contributed by atoms with E-state index in [0.29, 0.717) is 6.61 Å². The minimum Gasteiger partial charge on any atom is -0.371 e. The van der Waals surface area contributed by atoms with Crippen LogP contribution in [0.25, 0.3) is 0 Å². The molecule has 0 atom stereocenters. The van der Waals surface area contributed by atoms with Crippen molar-refractivity contribution >= 4 is 11.6 Å². The zero-order chi connectivity index (χ0) is 11.8. The standard InChI is InChI=1S/C13H17NO2/c1-3-4-8-16-10-13(15)14-12-7-5-6-11(2)9-12/h3,5-7,9H,1,4,8,10H2,2H3,(H,14,15). The molecule has 16 heavy (non-hydrogen) atoms. The summed E-state index contributed by atoms with van der Waals surface area (Å²) < 4.78 is 5.15. The average molecular weight is 219 g/mol. The van der Waals surface area contributed by atoms with Gasteiger partial charge in [0.2, 0.25) is 5.91 Å². The van der Waals surface area contributed by atoms with E-state index in [0.717, 1.165) is 17.7 Å². The molecule has 1 N–H and O–H groups in total. The molecule has 3 nitrogen and oxygen atoms in total. The van der Waals surface area contributed by atoms with Crippen LogP contribution in [-0.2, 0) is 9.53 Å². The number of amides is 1. The predicted molar refractivity (Wildman–Crippen MR) is 65.4 cm³/mol. The first-order chi connectivity index (χ1) is 7.72. The van der Waals surface area contributed by atoms with E-state index in [1.54, 1.807) is 6.08 Å². The summed E-state index contributed by atoms with van der Waals surface area (Å²) in [7, 11) is 0. The summed E-state index contributed by atoms with van der Waals surface area (Å²) in [5.74, 6) is -0.130. The van der Waals surface area contributed by atoms with Crippen molar-refractivity contribution in [2.24, 2.45) is 0 Å². The van der Waals surface area contributed by atoms with Crippen molar-refractivity contribution < 1.29 is 9.53 Å². The number of anilines is 1. The zero-order valence-corrected chi connectivity index (χ0v) is 9.53. The number of aryl methyl sites for hydroxylation is 1. The Labute approximate surface area is 96.1 Å². The molecule has 1 aromatic rings. The van der Waals surface area contributed by atoms with E-state index in [-0.39, 0.29) is 12.5 Å². The van der Waals surface area contributed by atoms with Gasteiger partial charge in [-0.1, -0.05) is 18.2 Å². The molecule has 0 aliphatic heterocycles. The van der Waals surface area contributed by atoms with Crippen LogP contribution in [0.1, 0.15) is 12.0 Å². The molecule has 0 aromatic heterocycles. The van der Waals surface area contributed by atoms with Crippen LogP contribution in [0.15, 0.2) is 36.9 Å². The van der Waals surface area contributed by atoms with Crippen molar-refractivity contribution in [2.75, 3.05) is 18.5 Å². The highest BCUT2D eigenvalue weighted by atomic mass is 16.5. The Morgan fingerprint density at radius 2 is 2.38 bits per heavy atom. The van der Waals surface area contributed by atoms with Gasteiger partial charge in [0.25, 0.3) is 0 Å². The van der Waals surface area contributed by atoms with Gasteiger partial charge in [0.15, 0.2) is 0 Å². The largest absolute Gasteiger partial charge is 0.371 e.